The van der Waals surface area contributed by atoms with Gasteiger partial charge in [-0.05, 0) is 36.2 Å². The van der Waals surface area contributed by atoms with Crippen molar-refractivity contribution < 1.29 is 0 Å². The molecular formula is C12H13Cl2N3. The molecule has 1 unspecified atom stereocenters. The van der Waals surface area contributed by atoms with Crippen LogP contribution in [0.4, 0.5) is 0 Å². The molecule has 1 heterocycles. The van der Waals surface area contributed by atoms with Crippen LogP contribution in [-0.4, -0.2) is 14.8 Å². The highest BCUT2D eigenvalue weighted by Crippen LogP contribution is 2.25. The maximum atomic E-state index is 6.06. The molecule has 1 aromatic carbocycles. The Hall–Kier alpha value is -1.06. The smallest absolute Gasteiger partial charge is 0.225 e. The Morgan fingerprint density at radius 3 is 2.71 bits per heavy atom. The lowest BCUT2D eigenvalue weighted by molar-refractivity contribution is 0.606. The minimum Gasteiger partial charge on any atom is -0.294 e. The Labute approximate surface area is 110 Å². The van der Waals surface area contributed by atoms with Crippen LogP contribution in [0.15, 0.2) is 24.3 Å². The Morgan fingerprint density at radius 2 is 2.06 bits per heavy atom. The molecule has 0 N–H and O–H groups in total. The third-order valence-electron chi connectivity index (χ3n) is 2.76. The second kappa shape index (κ2) is 5.07. The Balaban J connectivity index is 2.43. The van der Waals surface area contributed by atoms with Gasteiger partial charge in [-0.2, -0.15) is 0 Å². The Bertz CT molecular complexity index is 522. The van der Waals surface area contributed by atoms with Crippen molar-refractivity contribution in [2.75, 3.05) is 0 Å². The lowest BCUT2D eigenvalue weighted by Gasteiger charge is -2.16. The van der Waals surface area contributed by atoms with E-state index < -0.39 is 0 Å². The molecule has 0 saturated carbocycles. The molecule has 2 aromatic rings. The summed E-state index contributed by atoms with van der Waals surface area (Å²) >= 11 is 12.1. The fourth-order valence-electron chi connectivity index (χ4n) is 1.84. The predicted octanol–water partition coefficient (Wildman–Crippen LogP) is 3.76. The van der Waals surface area contributed by atoms with Gasteiger partial charge in [0.2, 0.25) is 5.28 Å². The van der Waals surface area contributed by atoms with Gasteiger partial charge in [-0.25, -0.2) is 0 Å². The van der Waals surface area contributed by atoms with E-state index in [0.717, 1.165) is 22.8 Å². The van der Waals surface area contributed by atoms with Gasteiger partial charge in [0.05, 0.1) is 6.04 Å². The minimum atomic E-state index is 0.0751. The summed E-state index contributed by atoms with van der Waals surface area (Å²) in [5, 5.41) is 9.08. The van der Waals surface area contributed by atoms with Crippen LogP contribution in [-0.2, 0) is 6.42 Å². The highest BCUT2D eigenvalue weighted by atomic mass is 35.5. The first-order valence-electron chi connectivity index (χ1n) is 5.48. The van der Waals surface area contributed by atoms with Crippen molar-refractivity contribution in [3.05, 3.63) is 46.0 Å². The van der Waals surface area contributed by atoms with Crippen LogP contribution in [0.5, 0.6) is 0 Å². The van der Waals surface area contributed by atoms with Crippen molar-refractivity contribution in [2.24, 2.45) is 0 Å². The third-order valence-corrected chi connectivity index (χ3v) is 3.25. The average molecular weight is 270 g/mol. The molecule has 0 spiro atoms. The summed E-state index contributed by atoms with van der Waals surface area (Å²) in [5.41, 5.74) is 1.09. The first-order chi connectivity index (χ1) is 8.13. The summed E-state index contributed by atoms with van der Waals surface area (Å²) in [6.45, 7) is 4.08. The fourth-order valence-corrected chi connectivity index (χ4v) is 2.32. The number of aryl methyl sites for hydroxylation is 1. The highest BCUT2D eigenvalue weighted by molar-refractivity contribution is 6.30. The number of rotatable bonds is 3. The molecule has 5 heteroatoms. The van der Waals surface area contributed by atoms with Crippen molar-refractivity contribution in [1.29, 1.82) is 0 Å². The molecule has 3 nitrogen and oxygen atoms in total. The third kappa shape index (κ3) is 2.45. The van der Waals surface area contributed by atoms with Crippen LogP contribution in [0, 0.1) is 0 Å². The molecule has 1 atom stereocenters. The standard InChI is InChI=1S/C12H13Cl2N3/c1-3-11-15-16-12(14)17(11)8(2)9-5-4-6-10(13)7-9/h4-8H,3H2,1-2H3. The van der Waals surface area contributed by atoms with Gasteiger partial charge < -0.3 is 0 Å². The summed E-state index contributed by atoms with van der Waals surface area (Å²) < 4.78 is 1.92. The zero-order chi connectivity index (χ0) is 12.4. The molecule has 0 bridgehead atoms. The maximum absolute atomic E-state index is 6.06. The molecule has 2 rings (SSSR count). The summed E-state index contributed by atoms with van der Waals surface area (Å²) in [6, 6.07) is 7.81. The first-order valence-corrected chi connectivity index (χ1v) is 6.23. The molecule has 0 aliphatic rings. The molecule has 0 fully saturated rings. The van der Waals surface area contributed by atoms with Gasteiger partial charge in [0, 0.05) is 11.4 Å². The zero-order valence-electron chi connectivity index (χ0n) is 9.69. The van der Waals surface area contributed by atoms with E-state index in [1.54, 1.807) is 0 Å². The van der Waals surface area contributed by atoms with Gasteiger partial charge in [-0.3, -0.25) is 4.57 Å². The van der Waals surface area contributed by atoms with Crippen molar-refractivity contribution in [1.82, 2.24) is 14.8 Å². The molecule has 0 aliphatic carbocycles. The lowest BCUT2D eigenvalue weighted by Crippen LogP contribution is -2.10. The quantitative estimate of drug-likeness (QED) is 0.850. The Kier molecular flexibility index (Phi) is 3.69. The summed E-state index contributed by atoms with van der Waals surface area (Å²) in [7, 11) is 0. The monoisotopic (exact) mass is 269 g/mol. The van der Waals surface area contributed by atoms with E-state index in [-0.39, 0.29) is 6.04 Å². The van der Waals surface area contributed by atoms with E-state index in [4.69, 9.17) is 23.2 Å². The van der Waals surface area contributed by atoms with Gasteiger partial charge >= 0.3 is 0 Å². The second-order valence-corrected chi connectivity index (χ2v) is 4.61. The number of hydrogen-bond donors (Lipinski definition) is 0. The van der Waals surface area contributed by atoms with Gasteiger partial charge in [0.1, 0.15) is 5.82 Å². The number of benzene rings is 1. The van der Waals surface area contributed by atoms with Gasteiger partial charge in [0.15, 0.2) is 0 Å². The average Bonchev–Trinajstić information content (AvgIpc) is 2.69. The second-order valence-electron chi connectivity index (χ2n) is 3.84. The molecule has 17 heavy (non-hydrogen) atoms. The summed E-state index contributed by atoms with van der Waals surface area (Å²) in [4.78, 5) is 0. The van der Waals surface area contributed by atoms with Crippen LogP contribution < -0.4 is 0 Å². The van der Waals surface area contributed by atoms with Crippen molar-refractivity contribution in [2.45, 2.75) is 26.3 Å². The SMILES string of the molecule is CCc1nnc(Cl)n1C(C)c1cccc(Cl)c1. The predicted molar refractivity (Wildman–Crippen MR) is 69.7 cm³/mol. The fraction of sp³-hybridized carbons (Fsp3) is 0.333. The maximum Gasteiger partial charge on any atom is 0.225 e. The van der Waals surface area contributed by atoms with Gasteiger partial charge in [0.25, 0.3) is 0 Å². The number of hydrogen-bond acceptors (Lipinski definition) is 2. The van der Waals surface area contributed by atoms with E-state index in [2.05, 4.69) is 17.1 Å². The van der Waals surface area contributed by atoms with E-state index in [1.165, 1.54) is 0 Å². The largest absolute Gasteiger partial charge is 0.294 e. The number of halogens is 2. The first kappa shape index (κ1) is 12.4. The van der Waals surface area contributed by atoms with Crippen molar-refractivity contribution in [3.8, 4) is 0 Å². The minimum absolute atomic E-state index is 0.0751. The van der Waals surface area contributed by atoms with Crippen molar-refractivity contribution >= 4 is 23.2 Å². The molecule has 0 saturated heterocycles. The molecule has 1 aromatic heterocycles. The van der Waals surface area contributed by atoms with E-state index in [1.807, 2.05) is 35.8 Å². The van der Waals surface area contributed by atoms with Crippen LogP contribution in [0.2, 0.25) is 10.3 Å². The topological polar surface area (TPSA) is 30.7 Å². The van der Waals surface area contributed by atoms with Crippen LogP contribution in [0.1, 0.15) is 31.3 Å². The van der Waals surface area contributed by atoms with Crippen LogP contribution in [0.25, 0.3) is 0 Å². The van der Waals surface area contributed by atoms with E-state index >= 15 is 0 Å². The van der Waals surface area contributed by atoms with Gasteiger partial charge in [-0.1, -0.05) is 30.7 Å². The molecular weight excluding hydrogens is 257 g/mol. The Morgan fingerprint density at radius 1 is 1.29 bits per heavy atom. The molecule has 90 valence electrons. The number of aromatic nitrogens is 3. The van der Waals surface area contributed by atoms with Crippen LogP contribution in [0.3, 0.4) is 0 Å². The summed E-state index contributed by atoms with van der Waals surface area (Å²) in [5.74, 6) is 0.877. The van der Waals surface area contributed by atoms with Gasteiger partial charge in [-0.15, -0.1) is 10.2 Å². The van der Waals surface area contributed by atoms with E-state index in [9.17, 15) is 0 Å². The molecule has 0 amide bonds. The summed E-state index contributed by atoms with van der Waals surface area (Å²) in [6.07, 6.45) is 0.796. The lowest BCUT2D eigenvalue weighted by atomic mass is 10.1. The van der Waals surface area contributed by atoms with E-state index in [0.29, 0.717) is 5.28 Å². The normalized spacial score (nSPS) is 12.7. The van der Waals surface area contributed by atoms with Crippen LogP contribution >= 0.6 is 23.2 Å². The molecule has 0 radical (unpaired) electrons. The van der Waals surface area contributed by atoms with Crippen molar-refractivity contribution in [3.63, 3.8) is 0 Å². The number of nitrogens with zero attached hydrogens (tertiary/aromatic N) is 3. The zero-order valence-corrected chi connectivity index (χ0v) is 11.2. The molecule has 0 aliphatic heterocycles. The highest BCUT2D eigenvalue weighted by Gasteiger charge is 2.16.